The minimum atomic E-state index is -2.00. The molecular weight excluding hydrogens is 399 g/mol. The van der Waals surface area contributed by atoms with Crippen molar-refractivity contribution >= 4 is 15.0 Å². The standard InChI is InChI=1S/C8H8NO2.C2H4O2.Hg/c1-9-11-8(10)7-5-3-2-4-6-7;1-2(3)4;/h2-5,9H,1H3;1H3,(H,3,4);/q;;+1/p-1. The molecule has 1 rings (SSSR count). The number of rotatable bonds is 4. The van der Waals surface area contributed by atoms with Crippen LogP contribution in [0.2, 0.25) is 0 Å². The zero-order chi connectivity index (χ0) is 12.0. The van der Waals surface area contributed by atoms with Crippen molar-refractivity contribution in [1.82, 2.24) is 5.48 Å². The van der Waals surface area contributed by atoms with Crippen LogP contribution >= 0.6 is 0 Å². The van der Waals surface area contributed by atoms with Gasteiger partial charge >= 0.3 is 106 Å². The van der Waals surface area contributed by atoms with Gasteiger partial charge in [0.25, 0.3) is 0 Å². The van der Waals surface area contributed by atoms with Crippen molar-refractivity contribution in [1.29, 1.82) is 0 Å². The zero-order valence-electron chi connectivity index (χ0n) is 9.15. The van der Waals surface area contributed by atoms with E-state index in [1.165, 1.54) is 14.0 Å². The first-order chi connectivity index (χ1) is 7.65. The Morgan fingerprint density at radius 3 is 2.62 bits per heavy atom. The number of hydroxylamine groups is 1. The molecule has 0 aliphatic heterocycles. The summed E-state index contributed by atoms with van der Waals surface area (Å²) in [7, 11) is 1.51. The molecule has 1 aromatic rings. The molecule has 0 heterocycles. The summed E-state index contributed by atoms with van der Waals surface area (Å²) in [6.45, 7) is 1.37. The molecule has 0 bridgehead atoms. The van der Waals surface area contributed by atoms with Gasteiger partial charge in [-0.15, -0.1) is 0 Å². The van der Waals surface area contributed by atoms with Gasteiger partial charge in [-0.1, -0.05) is 0 Å². The summed E-state index contributed by atoms with van der Waals surface area (Å²) in [5.74, 6) is -0.747. The second kappa shape index (κ2) is 6.60. The third-order valence-electron chi connectivity index (χ3n) is 1.86. The molecule has 0 aliphatic carbocycles. The van der Waals surface area contributed by atoms with Crippen LogP contribution in [0.15, 0.2) is 24.3 Å². The first-order valence-corrected chi connectivity index (χ1v) is 9.73. The summed E-state index contributed by atoms with van der Waals surface area (Å²) in [4.78, 5) is 26.9. The van der Waals surface area contributed by atoms with Gasteiger partial charge in [0.2, 0.25) is 0 Å². The van der Waals surface area contributed by atoms with Crippen LogP contribution < -0.4 is 8.55 Å². The van der Waals surface area contributed by atoms with Crippen molar-refractivity contribution in [3.63, 3.8) is 0 Å². The molecule has 0 unspecified atom stereocenters. The fourth-order valence-electron chi connectivity index (χ4n) is 1.17. The molecule has 0 aromatic heterocycles. The Labute approximate surface area is 106 Å². The molecule has 0 saturated heterocycles. The maximum absolute atomic E-state index is 11.5. The third kappa shape index (κ3) is 3.90. The van der Waals surface area contributed by atoms with E-state index in [2.05, 4.69) is 10.3 Å². The Morgan fingerprint density at radius 1 is 1.31 bits per heavy atom. The van der Waals surface area contributed by atoms with E-state index < -0.39 is 31.0 Å². The molecule has 0 atom stereocenters. The molecule has 0 spiro atoms. The number of hydrogen-bond donors (Lipinski definition) is 1. The van der Waals surface area contributed by atoms with Crippen molar-refractivity contribution in [2.24, 2.45) is 0 Å². The van der Waals surface area contributed by atoms with Crippen LogP contribution in [0.5, 0.6) is 0 Å². The molecule has 6 heteroatoms. The SMILES string of the molecule is CNOC(=O)c1cccc[c]1[Hg][O]C(C)=O. The first kappa shape index (κ1) is 13.1. The van der Waals surface area contributed by atoms with Crippen LogP contribution in [-0.2, 0) is 37.3 Å². The van der Waals surface area contributed by atoms with Crippen LogP contribution in [0, 0.1) is 0 Å². The second-order valence-corrected chi connectivity index (χ2v) is 8.24. The predicted octanol–water partition coefficient (Wildman–Crippen LogP) is 0.164. The van der Waals surface area contributed by atoms with Gasteiger partial charge in [0, 0.05) is 0 Å². The van der Waals surface area contributed by atoms with Gasteiger partial charge in [0.15, 0.2) is 0 Å². The van der Waals surface area contributed by atoms with E-state index in [9.17, 15) is 9.59 Å². The predicted molar refractivity (Wildman–Crippen MR) is 52.3 cm³/mol. The average molecular weight is 410 g/mol. The quantitative estimate of drug-likeness (QED) is 0.567. The molecule has 0 saturated carbocycles. The van der Waals surface area contributed by atoms with Gasteiger partial charge in [-0.25, -0.2) is 0 Å². The zero-order valence-corrected chi connectivity index (χ0v) is 14.6. The first-order valence-electron chi connectivity index (χ1n) is 4.74. The summed E-state index contributed by atoms with van der Waals surface area (Å²) >= 11 is -2.00. The van der Waals surface area contributed by atoms with Crippen molar-refractivity contribution in [2.45, 2.75) is 6.92 Å². The monoisotopic (exact) mass is 411 g/mol. The Morgan fingerprint density at radius 2 is 2.00 bits per heavy atom. The van der Waals surface area contributed by atoms with Crippen molar-refractivity contribution < 1.29 is 42.1 Å². The second-order valence-electron chi connectivity index (χ2n) is 3.03. The number of carbonyl (C=O) groups is 2. The molecule has 82 valence electrons. The third-order valence-corrected chi connectivity index (χ3v) is 7.61. The van der Waals surface area contributed by atoms with Crippen molar-refractivity contribution in [2.75, 3.05) is 7.05 Å². The fourth-order valence-corrected chi connectivity index (χ4v) is 5.09. The molecule has 0 amide bonds. The Bertz CT molecular complexity index is 394. The van der Waals surface area contributed by atoms with E-state index in [1.807, 2.05) is 6.07 Å². The van der Waals surface area contributed by atoms with Crippen molar-refractivity contribution in [3.05, 3.63) is 29.8 Å². The van der Waals surface area contributed by atoms with Gasteiger partial charge in [0.1, 0.15) is 0 Å². The van der Waals surface area contributed by atoms with E-state index in [0.29, 0.717) is 5.56 Å². The summed E-state index contributed by atoms with van der Waals surface area (Å²) in [6, 6.07) is 7.03. The Kier molecular flexibility index (Phi) is 5.41. The number of benzene rings is 1. The minimum absolute atomic E-state index is 0.293. The normalized spacial score (nSPS) is 9.12. The van der Waals surface area contributed by atoms with Crippen LogP contribution in [-0.4, -0.2) is 19.0 Å². The molecule has 1 N–H and O–H groups in total. The molecule has 0 fully saturated rings. The van der Waals surface area contributed by atoms with Gasteiger partial charge in [-0.2, -0.15) is 0 Å². The Balaban J connectivity index is 2.82. The van der Waals surface area contributed by atoms with Gasteiger partial charge in [-0.3, -0.25) is 0 Å². The number of hydrogen-bond acceptors (Lipinski definition) is 5. The van der Waals surface area contributed by atoms with E-state index in [4.69, 9.17) is 2.64 Å². The summed E-state index contributed by atoms with van der Waals surface area (Å²) in [5.41, 5.74) is 2.80. The average Bonchev–Trinajstić information content (AvgIpc) is 2.27. The van der Waals surface area contributed by atoms with Crippen LogP contribution in [0.4, 0.5) is 0 Å². The maximum atomic E-state index is 11.5. The van der Waals surface area contributed by atoms with Gasteiger partial charge in [0.05, 0.1) is 0 Å². The van der Waals surface area contributed by atoms with E-state index in [0.717, 1.165) is 3.07 Å². The fraction of sp³-hybridized carbons (Fsp3) is 0.200. The van der Waals surface area contributed by atoms with Crippen LogP contribution in [0.25, 0.3) is 0 Å². The van der Waals surface area contributed by atoms with E-state index in [-0.39, 0.29) is 5.97 Å². The summed E-state index contributed by atoms with van der Waals surface area (Å²) in [5, 5.41) is 0. The topological polar surface area (TPSA) is 64.6 Å². The van der Waals surface area contributed by atoms with E-state index >= 15 is 0 Å². The van der Waals surface area contributed by atoms with E-state index in [1.54, 1.807) is 18.2 Å². The number of carbonyl (C=O) groups excluding carboxylic acids is 2. The summed E-state index contributed by atoms with van der Waals surface area (Å²) < 4.78 is 5.88. The number of nitrogens with one attached hydrogen (secondary N) is 1. The molecular formula is C10H11HgNO4. The molecule has 16 heavy (non-hydrogen) atoms. The molecule has 5 nitrogen and oxygen atoms in total. The van der Waals surface area contributed by atoms with Crippen LogP contribution in [0.1, 0.15) is 17.3 Å². The van der Waals surface area contributed by atoms with Crippen molar-refractivity contribution in [3.8, 4) is 0 Å². The molecule has 0 aliphatic rings. The van der Waals surface area contributed by atoms with Gasteiger partial charge in [-0.05, 0) is 0 Å². The van der Waals surface area contributed by atoms with Crippen LogP contribution in [0.3, 0.4) is 0 Å². The molecule has 1 aromatic carbocycles. The Hall–Kier alpha value is -0.945. The van der Waals surface area contributed by atoms with Gasteiger partial charge < -0.3 is 0 Å². The molecule has 0 radical (unpaired) electrons. The summed E-state index contributed by atoms with van der Waals surface area (Å²) in [6.07, 6.45) is 0.